The highest BCUT2D eigenvalue weighted by molar-refractivity contribution is 6.06. The van der Waals surface area contributed by atoms with Crippen LogP contribution in [0.2, 0.25) is 0 Å². The van der Waals surface area contributed by atoms with E-state index in [0.717, 1.165) is 23.2 Å². The number of aryl methyl sites for hydroxylation is 2. The second-order valence-corrected chi connectivity index (χ2v) is 6.06. The van der Waals surface area contributed by atoms with Crippen LogP contribution in [0.3, 0.4) is 0 Å². The Balaban J connectivity index is 2.05. The number of nitrogens with zero attached hydrogens (tertiary/aromatic N) is 1. The number of rotatable bonds is 5. The maximum Gasteiger partial charge on any atom is 0.261 e. The summed E-state index contributed by atoms with van der Waals surface area (Å²) in [7, 11) is 1.82. The van der Waals surface area contributed by atoms with Gasteiger partial charge >= 0.3 is 0 Å². The zero-order valence-electron chi connectivity index (χ0n) is 15.2. The predicted octanol–water partition coefficient (Wildman–Crippen LogP) is 3.75. The first-order valence-corrected chi connectivity index (χ1v) is 8.70. The molecule has 0 radical (unpaired) electrons. The van der Waals surface area contributed by atoms with Gasteiger partial charge in [-0.05, 0) is 43.2 Å². The molecule has 0 aliphatic carbocycles. The maximum absolute atomic E-state index is 12.9. The van der Waals surface area contributed by atoms with E-state index >= 15 is 0 Å². The van der Waals surface area contributed by atoms with E-state index in [4.69, 9.17) is 4.74 Å². The molecule has 0 atom stereocenters. The van der Waals surface area contributed by atoms with Gasteiger partial charge in [0.15, 0.2) is 0 Å². The van der Waals surface area contributed by atoms with Gasteiger partial charge in [-0.15, -0.1) is 0 Å². The lowest BCUT2D eigenvalue weighted by atomic mass is 10.1. The molecular weight excluding hydrogens is 328 g/mol. The fourth-order valence-corrected chi connectivity index (χ4v) is 3.03. The number of carbonyl (C=O) groups excluding carboxylic acids is 1. The van der Waals surface area contributed by atoms with Crippen molar-refractivity contribution in [3.63, 3.8) is 0 Å². The third-order valence-corrected chi connectivity index (χ3v) is 4.36. The minimum atomic E-state index is -0.407. The molecule has 0 bridgehead atoms. The highest BCUT2D eigenvalue weighted by Gasteiger charge is 2.16. The number of aromatic nitrogens is 1. The van der Waals surface area contributed by atoms with Crippen LogP contribution in [-0.4, -0.2) is 17.1 Å². The van der Waals surface area contributed by atoms with Crippen LogP contribution in [-0.2, 0) is 13.5 Å². The van der Waals surface area contributed by atoms with Crippen molar-refractivity contribution in [2.24, 2.45) is 7.05 Å². The topological polar surface area (TPSA) is 60.3 Å². The first-order chi connectivity index (χ1) is 12.5. The lowest BCUT2D eigenvalue weighted by Crippen LogP contribution is -2.23. The molecule has 26 heavy (non-hydrogen) atoms. The van der Waals surface area contributed by atoms with Crippen LogP contribution in [0.1, 0.15) is 29.8 Å². The van der Waals surface area contributed by atoms with E-state index in [1.807, 2.05) is 57.3 Å². The second kappa shape index (κ2) is 7.44. The number of benzene rings is 2. The molecular formula is C21H22N2O3. The first kappa shape index (κ1) is 17.7. The summed E-state index contributed by atoms with van der Waals surface area (Å²) in [6.45, 7) is 4.42. The molecule has 0 saturated heterocycles. The lowest BCUT2D eigenvalue weighted by Gasteiger charge is -2.12. The van der Waals surface area contributed by atoms with E-state index < -0.39 is 5.91 Å². The van der Waals surface area contributed by atoms with Gasteiger partial charge in [-0.25, -0.2) is 0 Å². The summed E-state index contributed by atoms with van der Waals surface area (Å²) in [6.07, 6.45) is 2.37. The van der Waals surface area contributed by atoms with E-state index in [2.05, 4.69) is 5.32 Å². The molecule has 0 aliphatic heterocycles. The van der Waals surface area contributed by atoms with E-state index in [-0.39, 0.29) is 11.0 Å². The van der Waals surface area contributed by atoms with Crippen molar-refractivity contribution >= 4 is 22.5 Å². The zero-order chi connectivity index (χ0) is 18.7. The van der Waals surface area contributed by atoms with Crippen molar-refractivity contribution < 1.29 is 9.53 Å². The summed E-state index contributed by atoms with van der Waals surface area (Å²) in [6, 6.07) is 12.9. The number of hydrogen-bond acceptors (Lipinski definition) is 3. The Hall–Kier alpha value is -3.08. The number of fused-ring (bicyclic) bond motifs is 1. The van der Waals surface area contributed by atoms with Gasteiger partial charge in [0.25, 0.3) is 5.91 Å². The highest BCUT2D eigenvalue weighted by Crippen LogP contribution is 2.20. The number of ether oxygens (including phenoxy) is 1. The van der Waals surface area contributed by atoms with E-state index in [1.165, 1.54) is 0 Å². The van der Waals surface area contributed by atoms with E-state index in [1.54, 1.807) is 16.8 Å². The Kier molecular flexibility index (Phi) is 5.07. The van der Waals surface area contributed by atoms with Crippen molar-refractivity contribution in [1.82, 2.24) is 4.57 Å². The summed E-state index contributed by atoms with van der Waals surface area (Å²) in [5, 5.41) is 3.33. The van der Waals surface area contributed by atoms with Gasteiger partial charge in [0.05, 0.1) is 17.5 Å². The average Bonchev–Trinajstić information content (AvgIpc) is 2.65. The van der Waals surface area contributed by atoms with Gasteiger partial charge in [-0.2, -0.15) is 0 Å². The van der Waals surface area contributed by atoms with Gasteiger partial charge < -0.3 is 14.6 Å². The first-order valence-electron chi connectivity index (χ1n) is 8.70. The molecule has 134 valence electrons. The molecule has 1 amide bonds. The molecule has 0 spiro atoms. The average molecular weight is 350 g/mol. The molecule has 5 heteroatoms. The SMILES string of the molecule is CCOc1ccc2c(c1)c(=O)c(C(=O)Nc1ccccc1CC)cn2C. The quantitative estimate of drug-likeness (QED) is 0.762. The molecule has 3 aromatic rings. The number of hydrogen-bond donors (Lipinski definition) is 1. The number of nitrogens with one attached hydrogen (secondary N) is 1. The monoisotopic (exact) mass is 350 g/mol. The number of carbonyl (C=O) groups is 1. The summed E-state index contributed by atoms with van der Waals surface area (Å²) >= 11 is 0. The predicted molar refractivity (Wildman–Crippen MR) is 104 cm³/mol. The van der Waals surface area contributed by atoms with Crippen LogP contribution in [0.15, 0.2) is 53.5 Å². The van der Waals surface area contributed by atoms with Crippen LogP contribution < -0.4 is 15.5 Å². The van der Waals surface area contributed by atoms with Crippen molar-refractivity contribution in [2.75, 3.05) is 11.9 Å². The minimum absolute atomic E-state index is 0.111. The van der Waals surface area contributed by atoms with E-state index in [9.17, 15) is 9.59 Å². The largest absolute Gasteiger partial charge is 0.494 e. The molecule has 5 nitrogen and oxygen atoms in total. The van der Waals surface area contributed by atoms with E-state index in [0.29, 0.717) is 17.7 Å². The summed E-state index contributed by atoms with van der Waals surface area (Å²) in [4.78, 5) is 25.6. The molecule has 0 aliphatic rings. The van der Waals surface area contributed by atoms with Gasteiger partial charge in [0.2, 0.25) is 5.43 Å². The second-order valence-electron chi connectivity index (χ2n) is 6.06. The Morgan fingerprint density at radius 2 is 1.92 bits per heavy atom. The summed E-state index contributed by atoms with van der Waals surface area (Å²) < 4.78 is 7.27. The smallest absolute Gasteiger partial charge is 0.261 e. The zero-order valence-corrected chi connectivity index (χ0v) is 15.2. The number of anilines is 1. The van der Waals surface area contributed by atoms with Gasteiger partial charge in [0.1, 0.15) is 11.3 Å². The van der Waals surface area contributed by atoms with Gasteiger partial charge in [-0.1, -0.05) is 25.1 Å². The van der Waals surface area contributed by atoms with Crippen LogP contribution in [0.5, 0.6) is 5.75 Å². The van der Waals surface area contributed by atoms with Crippen LogP contribution in [0, 0.1) is 0 Å². The number of pyridine rings is 1. The van der Waals surface area contributed by atoms with Crippen LogP contribution in [0.25, 0.3) is 10.9 Å². The Morgan fingerprint density at radius 3 is 2.65 bits per heavy atom. The Morgan fingerprint density at radius 1 is 1.15 bits per heavy atom. The molecule has 0 unspecified atom stereocenters. The van der Waals surface area contributed by atoms with Crippen LogP contribution in [0.4, 0.5) is 5.69 Å². The maximum atomic E-state index is 12.9. The highest BCUT2D eigenvalue weighted by atomic mass is 16.5. The van der Waals surface area contributed by atoms with Gasteiger partial charge in [-0.3, -0.25) is 9.59 Å². The lowest BCUT2D eigenvalue weighted by molar-refractivity contribution is 0.102. The minimum Gasteiger partial charge on any atom is -0.494 e. The van der Waals surface area contributed by atoms with Crippen molar-refractivity contribution in [3.05, 3.63) is 70.0 Å². The molecule has 2 aromatic carbocycles. The van der Waals surface area contributed by atoms with Gasteiger partial charge in [0, 0.05) is 18.9 Å². The number of para-hydroxylation sites is 1. The fraction of sp³-hybridized carbons (Fsp3) is 0.238. The van der Waals surface area contributed by atoms with Crippen molar-refractivity contribution in [3.8, 4) is 5.75 Å². The Labute approximate surface area is 152 Å². The van der Waals surface area contributed by atoms with Crippen molar-refractivity contribution in [1.29, 1.82) is 0 Å². The molecule has 0 saturated carbocycles. The standard InChI is InChI=1S/C21H22N2O3/c1-4-14-8-6-7-9-18(14)22-21(25)17-13-23(3)19-11-10-15(26-5-2)12-16(19)20(17)24/h6-13H,4-5H2,1-3H3,(H,22,25). The molecule has 1 heterocycles. The molecule has 1 aromatic heterocycles. The third kappa shape index (κ3) is 3.33. The molecule has 0 fully saturated rings. The normalized spacial score (nSPS) is 10.7. The van der Waals surface area contributed by atoms with Crippen LogP contribution >= 0.6 is 0 Å². The summed E-state index contributed by atoms with van der Waals surface area (Å²) in [5.41, 5.74) is 2.32. The number of amides is 1. The summed E-state index contributed by atoms with van der Waals surface area (Å²) in [5.74, 6) is 0.209. The third-order valence-electron chi connectivity index (χ3n) is 4.36. The Bertz CT molecular complexity index is 1020. The fourth-order valence-electron chi connectivity index (χ4n) is 3.03. The molecule has 1 N–H and O–H groups in total. The van der Waals surface area contributed by atoms with Crippen molar-refractivity contribution in [2.45, 2.75) is 20.3 Å². The molecule has 3 rings (SSSR count).